The van der Waals surface area contributed by atoms with E-state index in [9.17, 15) is 4.79 Å². The largest absolute Gasteiger partial charge is 0.375 e. The quantitative estimate of drug-likeness (QED) is 0.836. The van der Waals surface area contributed by atoms with Crippen LogP contribution >= 0.6 is 0 Å². The predicted molar refractivity (Wildman–Crippen MR) is 91.7 cm³/mol. The molecule has 2 aliphatic rings. The van der Waals surface area contributed by atoms with Crippen LogP contribution in [0.15, 0.2) is 24.3 Å². The molecule has 128 valence electrons. The minimum atomic E-state index is -0.0609. The van der Waals surface area contributed by atoms with Crippen molar-refractivity contribution in [2.24, 2.45) is 0 Å². The summed E-state index contributed by atoms with van der Waals surface area (Å²) in [5.74, 6) is 0.0503. The molecule has 3 rings (SSSR count). The molecule has 5 nitrogen and oxygen atoms in total. The van der Waals surface area contributed by atoms with Gasteiger partial charge in [-0.25, -0.2) is 0 Å². The van der Waals surface area contributed by atoms with Gasteiger partial charge in [-0.2, -0.15) is 5.26 Å². The highest BCUT2D eigenvalue weighted by atomic mass is 16.5. The fourth-order valence-electron chi connectivity index (χ4n) is 3.78. The summed E-state index contributed by atoms with van der Waals surface area (Å²) in [5, 5.41) is 8.85. The van der Waals surface area contributed by atoms with Crippen LogP contribution in [0.1, 0.15) is 41.6 Å². The molecule has 0 saturated carbocycles. The Kier molecular flexibility index (Phi) is 4.88. The summed E-state index contributed by atoms with van der Waals surface area (Å²) in [6.07, 6.45) is 3.94. The molecule has 1 atom stereocenters. The maximum atomic E-state index is 12.6. The third kappa shape index (κ3) is 3.45. The Labute approximate surface area is 143 Å². The normalized spacial score (nSPS) is 23.2. The van der Waals surface area contributed by atoms with Gasteiger partial charge < -0.3 is 14.5 Å². The lowest BCUT2D eigenvalue weighted by atomic mass is 9.82. The average Bonchev–Trinajstić information content (AvgIpc) is 2.62. The molecule has 1 aromatic rings. The van der Waals surface area contributed by atoms with E-state index in [0.29, 0.717) is 17.2 Å². The van der Waals surface area contributed by atoms with Crippen LogP contribution in [-0.2, 0) is 4.74 Å². The molecule has 0 aromatic heterocycles. The van der Waals surface area contributed by atoms with E-state index in [1.165, 1.54) is 0 Å². The Balaban J connectivity index is 1.62. The highest BCUT2D eigenvalue weighted by Crippen LogP contribution is 2.36. The van der Waals surface area contributed by atoms with Crippen molar-refractivity contribution in [3.63, 3.8) is 0 Å². The Morgan fingerprint density at radius 3 is 2.54 bits per heavy atom. The highest BCUT2D eigenvalue weighted by Gasteiger charge is 2.41. The molecule has 2 saturated heterocycles. The van der Waals surface area contributed by atoms with Crippen LogP contribution in [-0.4, -0.2) is 61.1 Å². The van der Waals surface area contributed by atoms with Crippen molar-refractivity contribution in [3.8, 4) is 6.07 Å². The lowest BCUT2D eigenvalue weighted by molar-refractivity contribution is -0.125. The van der Waals surface area contributed by atoms with Gasteiger partial charge in [-0.1, -0.05) is 0 Å². The molecular weight excluding hydrogens is 302 g/mol. The number of piperidine rings is 1. The molecule has 1 unspecified atom stereocenters. The van der Waals surface area contributed by atoms with Crippen molar-refractivity contribution in [1.82, 2.24) is 9.80 Å². The third-order valence-electron chi connectivity index (χ3n) is 5.42. The number of hydrogen-bond donors (Lipinski definition) is 0. The van der Waals surface area contributed by atoms with Crippen LogP contribution in [0, 0.1) is 11.3 Å². The molecule has 2 fully saturated rings. The fourth-order valence-corrected chi connectivity index (χ4v) is 3.78. The monoisotopic (exact) mass is 327 g/mol. The van der Waals surface area contributed by atoms with Gasteiger partial charge in [0.25, 0.3) is 5.91 Å². The van der Waals surface area contributed by atoms with Crippen molar-refractivity contribution in [2.45, 2.75) is 37.3 Å². The molecule has 5 heteroatoms. The molecule has 1 amide bonds. The number of carbonyl (C=O) groups is 1. The van der Waals surface area contributed by atoms with Crippen LogP contribution in [0.25, 0.3) is 0 Å². The van der Waals surface area contributed by atoms with E-state index in [0.717, 1.165) is 45.4 Å². The SMILES string of the molecule is CN(C)C1CCOC2(CCN(C(=O)c3ccc(C#N)cc3)CC2)C1. The Morgan fingerprint density at radius 1 is 1.29 bits per heavy atom. The van der Waals surface area contributed by atoms with Gasteiger partial charge in [0.2, 0.25) is 0 Å². The fraction of sp³-hybridized carbons (Fsp3) is 0.579. The molecular formula is C19H25N3O2. The summed E-state index contributed by atoms with van der Waals surface area (Å²) in [6.45, 7) is 2.28. The summed E-state index contributed by atoms with van der Waals surface area (Å²) < 4.78 is 6.15. The predicted octanol–water partition coefficient (Wildman–Crippen LogP) is 2.27. The van der Waals surface area contributed by atoms with Gasteiger partial charge in [-0.15, -0.1) is 0 Å². The molecule has 1 spiro atoms. The number of nitriles is 1. The van der Waals surface area contributed by atoms with Crippen LogP contribution in [0.3, 0.4) is 0 Å². The maximum Gasteiger partial charge on any atom is 0.253 e. The van der Waals surface area contributed by atoms with Crippen LogP contribution in [0.5, 0.6) is 0 Å². The van der Waals surface area contributed by atoms with Crippen LogP contribution < -0.4 is 0 Å². The molecule has 0 radical (unpaired) electrons. The van der Waals surface area contributed by atoms with Gasteiger partial charge in [0.15, 0.2) is 0 Å². The summed E-state index contributed by atoms with van der Waals surface area (Å²) in [6, 6.07) is 9.53. The van der Waals surface area contributed by atoms with E-state index < -0.39 is 0 Å². The molecule has 0 N–H and O–H groups in total. The van der Waals surface area contributed by atoms with E-state index in [4.69, 9.17) is 10.00 Å². The van der Waals surface area contributed by atoms with E-state index in [1.54, 1.807) is 24.3 Å². The maximum absolute atomic E-state index is 12.6. The van der Waals surface area contributed by atoms with E-state index >= 15 is 0 Å². The lowest BCUT2D eigenvalue weighted by Crippen LogP contribution is -2.53. The molecule has 0 bridgehead atoms. The third-order valence-corrected chi connectivity index (χ3v) is 5.42. The summed E-state index contributed by atoms with van der Waals surface area (Å²) >= 11 is 0. The second-order valence-corrected chi connectivity index (χ2v) is 7.12. The Morgan fingerprint density at radius 2 is 1.96 bits per heavy atom. The first-order valence-electron chi connectivity index (χ1n) is 8.63. The van der Waals surface area contributed by atoms with Gasteiger partial charge in [0.05, 0.1) is 17.2 Å². The highest BCUT2D eigenvalue weighted by molar-refractivity contribution is 5.94. The number of ether oxygens (including phenoxy) is 1. The minimum absolute atomic E-state index is 0.0503. The number of carbonyl (C=O) groups excluding carboxylic acids is 1. The van der Waals surface area contributed by atoms with Crippen molar-refractivity contribution in [2.75, 3.05) is 33.8 Å². The molecule has 0 aliphatic carbocycles. The summed E-state index contributed by atoms with van der Waals surface area (Å²) in [4.78, 5) is 16.8. The first-order chi connectivity index (χ1) is 11.5. The minimum Gasteiger partial charge on any atom is -0.375 e. The molecule has 2 aliphatic heterocycles. The summed E-state index contributed by atoms with van der Waals surface area (Å²) in [7, 11) is 4.26. The van der Waals surface area contributed by atoms with Gasteiger partial charge in [-0.05, 0) is 64.0 Å². The van der Waals surface area contributed by atoms with Gasteiger partial charge in [0, 0.05) is 31.3 Å². The standard InChI is InChI=1S/C19H25N3O2/c1-21(2)17-7-12-24-19(13-17)8-10-22(11-9-19)18(23)16-5-3-15(14-20)4-6-16/h3-6,17H,7-13H2,1-2H3. The first kappa shape index (κ1) is 16.9. The van der Waals surface area contributed by atoms with E-state index in [2.05, 4.69) is 25.1 Å². The zero-order chi connectivity index (χ0) is 17.2. The first-order valence-corrected chi connectivity index (χ1v) is 8.63. The van der Waals surface area contributed by atoms with Gasteiger partial charge in [-0.3, -0.25) is 4.79 Å². The zero-order valence-corrected chi connectivity index (χ0v) is 14.5. The number of amides is 1. The van der Waals surface area contributed by atoms with Crippen molar-refractivity contribution in [1.29, 1.82) is 5.26 Å². The summed E-state index contributed by atoms with van der Waals surface area (Å²) in [5.41, 5.74) is 1.17. The molecule has 1 aromatic carbocycles. The van der Waals surface area contributed by atoms with Crippen LogP contribution in [0.4, 0.5) is 0 Å². The van der Waals surface area contributed by atoms with Crippen molar-refractivity contribution >= 4 is 5.91 Å². The van der Waals surface area contributed by atoms with Gasteiger partial charge in [0.1, 0.15) is 0 Å². The van der Waals surface area contributed by atoms with E-state index in [1.807, 2.05) is 4.90 Å². The van der Waals surface area contributed by atoms with Gasteiger partial charge >= 0.3 is 0 Å². The lowest BCUT2D eigenvalue weighted by Gasteiger charge is -2.47. The zero-order valence-electron chi connectivity index (χ0n) is 14.5. The van der Waals surface area contributed by atoms with E-state index in [-0.39, 0.29) is 11.5 Å². The molecule has 24 heavy (non-hydrogen) atoms. The number of rotatable bonds is 2. The number of hydrogen-bond acceptors (Lipinski definition) is 4. The number of nitrogens with zero attached hydrogens (tertiary/aromatic N) is 3. The second-order valence-electron chi connectivity index (χ2n) is 7.12. The number of likely N-dealkylation sites (tertiary alicyclic amines) is 1. The van der Waals surface area contributed by atoms with Crippen molar-refractivity contribution in [3.05, 3.63) is 35.4 Å². The molecule has 2 heterocycles. The average molecular weight is 327 g/mol. The Hall–Kier alpha value is -1.90. The topological polar surface area (TPSA) is 56.6 Å². The van der Waals surface area contributed by atoms with Crippen molar-refractivity contribution < 1.29 is 9.53 Å². The Bertz CT molecular complexity index is 625. The second kappa shape index (κ2) is 6.92. The number of benzene rings is 1. The smallest absolute Gasteiger partial charge is 0.253 e. The van der Waals surface area contributed by atoms with Crippen LogP contribution in [0.2, 0.25) is 0 Å².